The summed E-state index contributed by atoms with van der Waals surface area (Å²) in [7, 11) is 0. The van der Waals surface area contributed by atoms with Gasteiger partial charge in [0.1, 0.15) is 23.4 Å². The fourth-order valence-electron chi connectivity index (χ4n) is 2.64. The first-order valence-electron chi connectivity index (χ1n) is 7.83. The van der Waals surface area contributed by atoms with Gasteiger partial charge in [0.2, 0.25) is 0 Å². The molecule has 0 radical (unpaired) electrons. The zero-order chi connectivity index (χ0) is 17.9. The van der Waals surface area contributed by atoms with Gasteiger partial charge in [-0.05, 0) is 29.7 Å². The average molecular weight is 344 g/mol. The lowest BCUT2D eigenvalue weighted by atomic mass is 10.2. The fraction of sp³-hybridized carbons (Fsp3) is 0. The Hall–Kier alpha value is -3.92. The third kappa shape index (κ3) is 3.30. The molecule has 6 nitrogen and oxygen atoms in total. The number of H-pyrrole nitrogens is 1. The van der Waals surface area contributed by atoms with Crippen LogP contribution in [0.3, 0.4) is 0 Å². The van der Waals surface area contributed by atoms with Gasteiger partial charge in [-0.1, -0.05) is 6.07 Å². The lowest BCUT2D eigenvalue weighted by Gasteiger charge is -2.10. The van der Waals surface area contributed by atoms with E-state index in [0.717, 1.165) is 22.8 Å². The number of halogens is 1. The number of benzene rings is 1. The van der Waals surface area contributed by atoms with E-state index in [1.807, 2.05) is 36.5 Å². The average Bonchev–Trinajstić information content (AvgIpc) is 3.09. The number of pyridine rings is 2. The molecule has 3 N–H and O–H groups in total. The predicted molar refractivity (Wildman–Crippen MR) is 98.0 cm³/mol. The van der Waals surface area contributed by atoms with Gasteiger partial charge in [0, 0.05) is 35.2 Å². The van der Waals surface area contributed by atoms with Crippen LogP contribution in [0.1, 0.15) is 5.69 Å². The molecule has 1 aromatic carbocycles. The molecule has 0 saturated carbocycles. The minimum atomic E-state index is -0.442. The summed E-state index contributed by atoms with van der Waals surface area (Å²) in [5.74, 6) is 0.0592. The summed E-state index contributed by atoms with van der Waals surface area (Å²) in [4.78, 5) is 11.2. The van der Waals surface area contributed by atoms with Gasteiger partial charge in [-0.2, -0.15) is 5.26 Å². The van der Waals surface area contributed by atoms with Crippen molar-refractivity contribution in [1.82, 2.24) is 15.0 Å². The number of hydrogen-bond donors (Lipinski definition) is 3. The highest BCUT2D eigenvalue weighted by Crippen LogP contribution is 2.24. The number of aromatic nitrogens is 3. The molecule has 0 bridgehead atoms. The predicted octanol–water partition coefficient (Wildman–Crippen LogP) is 4.46. The van der Waals surface area contributed by atoms with Gasteiger partial charge in [-0.15, -0.1) is 0 Å². The number of nitrogens with zero attached hydrogens (tertiary/aromatic N) is 3. The minimum absolute atomic E-state index is 0.239. The maximum atomic E-state index is 13.3. The van der Waals surface area contributed by atoms with Gasteiger partial charge >= 0.3 is 0 Å². The largest absolute Gasteiger partial charge is 0.361 e. The van der Waals surface area contributed by atoms with Gasteiger partial charge in [-0.3, -0.25) is 4.98 Å². The molecule has 7 heteroatoms. The first-order chi connectivity index (χ1) is 12.7. The minimum Gasteiger partial charge on any atom is -0.361 e. The van der Waals surface area contributed by atoms with Gasteiger partial charge in [0.15, 0.2) is 0 Å². The van der Waals surface area contributed by atoms with E-state index in [2.05, 4.69) is 25.6 Å². The molecule has 0 spiro atoms. The first-order valence-corrected chi connectivity index (χ1v) is 7.83. The first kappa shape index (κ1) is 15.6. The number of rotatable bonds is 4. The molecule has 4 aromatic rings. The van der Waals surface area contributed by atoms with E-state index >= 15 is 0 Å². The highest BCUT2D eigenvalue weighted by Gasteiger charge is 2.06. The summed E-state index contributed by atoms with van der Waals surface area (Å²) in [5.41, 5.74) is 3.16. The van der Waals surface area contributed by atoms with Crippen LogP contribution in [-0.2, 0) is 0 Å². The Morgan fingerprint density at radius 2 is 1.88 bits per heavy atom. The van der Waals surface area contributed by atoms with Gasteiger partial charge in [-0.25, -0.2) is 9.37 Å². The second-order valence-corrected chi connectivity index (χ2v) is 5.66. The zero-order valence-electron chi connectivity index (χ0n) is 13.5. The Kier molecular flexibility index (Phi) is 3.92. The Balaban J connectivity index is 1.64. The molecule has 0 fully saturated rings. The summed E-state index contributed by atoms with van der Waals surface area (Å²) in [5, 5.41) is 16.6. The number of fused-ring (bicyclic) bond motifs is 1. The summed E-state index contributed by atoms with van der Waals surface area (Å²) >= 11 is 0. The molecule has 0 aliphatic rings. The molecular weight excluding hydrogens is 331 g/mol. The fourth-order valence-corrected chi connectivity index (χ4v) is 2.64. The van der Waals surface area contributed by atoms with Crippen LogP contribution < -0.4 is 10.6 Å². The summed E-state index contributed by atoms with van der Waals surface area (Å²) < 4.78 is 13.3. The quantitative estimate of drug-likeness (QED) is 0.509. The second-order valence-electron chi connectivity index (χ2n) is 5.66. The normalized spacial score (nSPS) is 10.5. The van der Waals surface area contributed by atoms with Crippen molar-refractivity contribution in [2.24, 2.45) is 0 Å². The maximum absolute atomic E-state index is 13.3. The smallest absolute Gasteiger partial charge is 0.144 e. The highest BCUT2D eigenvalue weighted by molar-refractivity contribution is 5.83. The third-order valence-electron chi connectivity index (χ3n) is 3.76. The van der Waals surface area contributed by atoms with E-state index in [9.17, 15) is 9.65 Å². The molecule has 3 aromatic heterocycles. The van der Waals surface area contributed by atoms with E-state index in [1.165, 1.54) is 12.3 Å². The van der Waals surface area contributed by atoms with Crippen molar-refractivity contribution in [2.45, 2.75) is 0 Å². The van der Waals surface area contributed by atoms with Gasteiger partial charge < -0.3 is 15.6 Å². The van der Waals surface area contributed by atoms with E-state index in [-0.39, 0.29) is 5.69 Å². The van der Waals surface area contributed by atoms with Crippen molar-refractivity contribution in [1.29, 1.82) is 5.26 Å². The monoisotopic (exact) mass is 344 g/mol. The molecule has 0 aliphatic carbocycles. The molecule has 4 rings (SSSR count). The molecule has 126 valence electrons. The van der Waals surface area contributed by atoms with Crippen molar-refractivity contribution in [3.8, 4) is 6.07 Å². The molecule has 3 heterocycles. The summed E-state index contributed by atoms with van der Waals surface area (Å²) in [6.45, 7) is 0. The Morgan fingerprint density at radius 3 is 2.73 bits per heavy atom. The Morgan fingerprint density at radius 1 is 0.962 bits per heavy atom. The van der Waals surface area contributed by atoms with Crippen molar-refractivity contribution >= 4 is 33.8 Å². The maximum Gasteiger partial charge on any atom is 0.144 e. The van der Waals surface area contributed by atoms with E-state index in [1.54, 1.807) is 12.1 Å². The lowest BCUT2D eigenvalue weighted by molar-refractivity contribution is 0.622. The number of nitriles is 1. The number of aromatic amines is 1. The molecule has 0 aliphatic heterocycles. The standard InChI is InChI=1S/C19H13FN6/c20-13-5-17(11-22-10-13)24-15-6-16(9-21)26-19(8-15)25-14-2-1-12-3-4-23-18(12)7-14/h1-8,10-11,23H,(H2,24,25,26). The van der Waals surface area contributed by atoms with E-state index < -0.39 is 5.82 Å². The second kappa shape index (κ2) is 6.53. The SMILES string of the molecule is N#Cc1cc(Nc2cncc(F)c2)cc(Nc2ccc3cc[nH]c3c2)n1. The molecule has 0 atom stereocenters. The molecule has 0 saturated heterocycles. The molecule has 26 heavy (non-hydrogen) atoms. The highest BCUT2D eigenvalue weighted by atomic mass is 19.1. The van der Waals surface area contributed by atoms with E-state index in [4.69, 9.17) is 0 Å². The van der Waals surface area contributed by atoms with Crippen LogP contribution in [0.4, 0.5) is 27.3 Å². The van der Waals surface area contributed by atoms with Crippen LogP contribution in [0.15, 0.2) is 61.1 Å². The van der Waals surface area contributed by atoms with Crippen LogP contribution in [0, 0.1) is 17.1 Å². The van der Waals surface area contributed by atoms with Crippen molar-refractivity contribution in [3.63, 3.8) is 0 Å². The van der Waals surface area contributed by atoms with Crippen LogP contribution in [0.25, 0.3) is 10.9 Å². The molecule has 0 unspecified atom stereocenters. The Labute approximate surface area is 148 Å². The van der Waals surface area contributed by atoms with E-state index in [0.29, 0.717) is 17.2 Å². The lowest BCUT2D eigenvalue weighted by Crippen LogP contribution is -1.99. The Bertz CT molecular complexity index is 1130. The third-order valence-corrected chi connectivity index (χ3v) is 3.76. The number of anilines is 4. The van der Waals surface area contributed by atoms with Crippen LogP contribution in [0.2, 0.25) is 0 Å². The molecular formula is C19H13FN6. The van der Waals surface area contributed by atoms with Gasteiger partial charge in [0.25, 0.3) is 0 Å². The van der Waals surface area contributed by atoms with Crippen LogP contribution >= 0.6 is 0 Å². The van der Waals surface area contributed by atoms with Crippen molar-refractivity contribution in [3.05, 3.63) is 72.6 Å². The zero-order valence-corrected chi connectivity index (χ0v) is 13.5. The summed E-state index contributed by atoms with van der Waals surface area (Å²) in [6.07, 6.45) is 4.50. The van der Waals surface area contributed by atoms with Crippen molar-refractivity contribution in [2.75, 3.05) is 10.6 Å². The van der Waals surface area contributed by atoms with Gasteiger partial charge in [0.05, 0.1) is 18.1 Å². The summed E-state index contributed by atoms with van der Waals surface area (Å²) in [6, 6.07) is 14.5. The van der Waals surface area contributed by atoms with Crippen molar-refractivity contribution < 1.29 is 4.39 Å². The van der Waals surface area contributed by atoms with Crippen LogP contribution in [-0.4, -0.2) is 15.0 Å². The number of nitrogens with one attached hydrogen (secondary N) is 3. The van der Waals surface area contributed by atoms with Crippen LogP contribution in [0.5, 0.6) is 0 Å². The topological polar surface area (TPSA) is 89.4 Å². The number of hydrogen-bond acceptors (Lipinski definition) is 5. The molecule has 0 amide bonds.